The molecule has 1 aromatic heterocycles. The monoisotopic (exact) mass is 467 g/mol. The Hall–Kier alpha value is -3.94. The first-order valence-electron chi connectivity index (χ1n) is 10.5. The number of fused-ring (bicyclic) bond motifs is 2. The van der Waals surface area contributed by atoms with E-state index in [-0.39, 0.29) is 6.73 Å². The van der Waals surface area contributed by atoms with E-state index in [0.717, 1.165) is 28.6 Å². The largest absolute Gasteiger partial charge is 0.497 e. The molecule has 1 aliphatic heterocycles. The van der Waals surface area contributed by atoms with Gasteiger partial charge in [0.15, 0.2) is 6.73 Å². The van der Waals surface area contributed by atoms with Crippen LogP contribution < -0.4 is 20.0 Å². The lowest BCUT2D eigenvalue weighted by Gasteiger charge is -2.32. The third-order valence-electron chi connectivity index (χ3n) is 5.98. The lowest BCUT2D eigenvalue weighted by atomic mass is 9.96. The molecular weight excluding hydrogens is 447 g/mol. The number of anilines is 1. The number of hydrogen-bond donors (Lipinski definition) is 0. The van der Waals surface area contributed by atoms with Crippen LogP contribution in [-0.2, 0) is 12.7 Å². The second-order valence-electron chi connectivity index (χ2n) is 8.09. The molecule has 5 rings (SSSR count). The van der Waals surface area contributed by atoms with Gasteiger partial charge in [0.1, 0.15) is 17.1 Å². The van der Waals surface area contributed by atoms with E-state index in [4.69, 9.17) is 13.9 Å². The molecule has 0 saturated carbocycles. The average Bonchev–Trinajstić information content (AvgIpc) is 2.83. The van der Waals surface area contributed by atoms with Crippen LogP contribution >= 0.6 is 0 Å². The van der Waals surface area contributed by atoms with Crippen molar-refractivity contribution in [3.8, 4) is 22.6 Å². The number of ether oxygens (including phenoxy) is 2. The zero-order valence-electron chi connectivity index (χ0n) is 18.4. The van der Waals surface area contributed by atoms with Gasteiger partial charge in [-0.2, -0.15) is 13.2 Å². The molecule has 2 heterocycles. The maximum absolute atomic E-state index is 12.9. The summed E-state index contributed by atoms with van der Waals surface area (Å²) in [5, 5.41) is 0.749. The molecule has 0 fully saturated rings. The summed E-state index contributed by atoms with van der Waals surface area (Å²) in [6, 6.07) is 15.7. The SMILES string of the molecule is COc1ccc(-c2cc(=O)oc3c(C)c4c(cc23)CN(c2ccc(C(F)(F)F)cc2)CO4)cc1. The third kappa shape index (κ3) is 3.85. The zero-order chi connectivity index (χ0) is 24.0. The molecule has 0 bridgehead atoms. The van der Waals surface area contributed by atoms with Crippen molar-refractivity contribution < 1.29 is 27.1 Å². The van der Waals surface area contributed by atoms with E-state index in [1.54, 1.807) is 7.11 Å². The molecule has 0 atom stereocenters. The predicted octanol–water partition coefficient (Wildman–Crippen LogP) is 6.15. The quantitative estimate of drug-likeness (QED) is 0.338. The highest BCUT2D eigenvalue weighted by Gasteiger charge is 2.30. The van der Waals surface area contributed by atoms with Gasteiger partial charge in [-0.15, -0.1) is 0 Å². The van der Waals surface area contributed by atoms with Crippen LogP contribution in [0, 0.1) is 6.92 Å². The summed E-state index contributed by atoms with van der Waals surface area (Å²) < 4.78 is 55.5. The molecule has 8 heteroatoms. The summed E-state index contributed by atoms with van der Waals surface area (Å²) >= 11 is 0. The molecule has 1 aliphatic rings. The highest BCUT2D eigenvalue weighted by molar-refractivity contribution is 5.96. The smallest absolute Gasteiger partial charge is 0.416 e. The van der Waals surface area contributed by atoms with Crippen molar-refractivity contribution >= 4 is 16.7 Å². The molecule has 0 unspecified atom stereocenters. The minimum Gasteiger partial charge on any atom is -0.497 e. The Kier molecular flexibility index (Phi) is 5.23. The van der Waals surface area contributed by atoms with Crippen molar-refractivity contribution in [2.45, 2.75) is 19.6 Å². The van der Waals surface area contributed by atoms with Gasteiger partial charge in [-0.25, -0.2) is 4.79 Å². The average molecular weight is 467 g/mol. The molecule has 0 amide bonds. The Labute approximate surface area is 192 Å². The van der Waals surface area contributed by atoms with Crippen LogP contribution in [0.25, 0.3) is 22.1 Å². The van der Waals surface area contributed by atoms with Crippen molar-refractivity contribution in [1.82, 2.24) is 0 Å². The maximum atomic E-state index is 12.9. The predicted molar refractivity (Wildman–Crippen MR) is 122 cm³/mol. The molecule has 5 nitrogen and oxygen atoms in total. The van der Waals surface area contributed by atoms with Gasteiger partial charge in [-0.05, 0) is 60.5 Å². The summed E-state index contributed by atoms with van der Waals surface area (Å²) in [5.41, 5.74) is 2.98. The van der Waals surface area contributed by atoms with Gasteiger partial charge in [-0.1, -0.05) is 12.1 Å². The van der Waals surface area contributed by atoms with Gasteiger partial charge in [0.05, 0.1) is 12.7 Å². The summed E-state index contributed by atoms with van der Waals surface area (Å²) in [6.45, 7) is 2.42. The van der Waals surface area contributed by atoms with Gasteiger partial charge >= 0.3 is 11.8 Å². The van der Waals surface area contributed by atoms with E-state index < -0.39 is 17.4 Å². The number of benzene rings is 3. The van der Waals surface area contributed by atoms with Gasteiger partial charge in [0, 0.05) is 34.8 Å². The first-order valence-corrected chi connectivity index (χ1v) is 10.5. The normalized spacial score (nSPS) is 13.5. The molecular formula is C26H20F3NO4. The molecule has 0 saturated heterocycles. The number of methoxy groups -OCH3 is 1. The van der Waals surface area contributed by atoms with E-state index in [2.05, 4.69) is 0 Å². The van der Waals surface area contributed by atoms with Gasteiger partial charge in [0.2, 0.25) is 0 Å². The zero-order valence-corrected chi connectivity index (χ0v) is 18.4. The number of nitrogens with zero attached hydrogens (tertiary/aromatic N) is 1. The molecule has 4 aromatic rings. The first-order chi connectivity index (χ1) is 16.2. The molecule has 174 valence electrons. The van der Waals surface area contributed by atoms with Gasteiger partial charge in [-0.3, -0.25) is 0 Å². The number of halogens is 3. The summed E-state index contributed by atoms with van der Waals surface area (Å²) in [6.07, 6.45) is -4.39. The van der Waals surface area contributed by atoms with Crippen molar-refractivity contribution in [2.75, 3.05) is 18.7 Å². The van der Waals surface area contributed by atoms with Crippen LogP contribution in [0.15, 0.2) is 69.9 Å². The number of rotatable bonds is 3. The highest BCUT2D eigenvalue weighted by atomic mass is 19.4. The van der Waals surface area contributed by atoms with Gasteiger partial charge in [0.25, 0.3) is 0 Å². The van der Waals surface area contributed by atoms with E-state index in [9.17, 15) is 18.0 Å². The Bertz CT molecular complexity index is 1420. The Morgan fingerprint density at radius 1 is 1.00 bits per heavy atom. The fraction of sp³-hybridized carbons (Fsp3) is 0.192. The summed E-state index contributed by atoms with van der Waals surface area (Å²) in [4.78, 5) is 14.2. The number of alkyl halides is 3. The minimum atomic E-state index is -4.39. The Morgan fingerprint density at radius 2 is 1.71 bits per heavy atom. The fourth-order valence-electron chi connectivity index (χ4n) is 4.26. The van der Waals surface area contributed by atoms with Crippen LogP contribution in [0.1, 0.15) is 16.7 Å². The second-order valence-corrected chi connectivity index (χ2v) is 8.09. The minimum absolute atomic E-state index is 0.160. The fourth-order valence-corrected chi connectivity index (χ4v) is 4.26. The number of aryl methyl sites for hydroxylation is 1. The van der Waals surface area contributed by atoms with Gasteiger partial charge < -0.3 is 18.8 Å². The van der Waals surface area contributed by atoms with E-state index in [0.29, 0.717) is 40.4 Å². The summed E-state index contributed by atoms with van der Waals surface area (Å²) in [7, 11) is 1.58. The summed E-state index contributed by atoms with van der Waals surface area (Å²) in [5.74, 6) is 1.32. The molecule has 0 radical (unpaired) electrons. The number of hydrogen-bond acceptors (Lipinski definition) is 5. The van der Waals surface area contributed by atoms with Crippen LogP contribution in [0.4, 0.5) is 18.9 Å². The third-order valence-corrected chi connectivity index (χ3v) is 5.98. The molecule has 0 N–H and O–H groups in total. The molecule has 34 heavy (non-hydrogen) atoms. The van der Waals surface area contributed by atoms with Crippen LogP contribution in [0.3, 0.4) is 0 Å². The maximum Gasteiger partial charge on any atom is 0.416 e. The Morgan fingerprint density at radius 3 is 2.35 bits per heavy atom. The van der Waals surface area contributed by atoms with E-state index in [1.165, 1.54) is 18.2 Å². The van der Waals surface area contributed by atoms with Crippen LogP contribution in [0.2, 0.25) is 0 Å². The Balaban J connectivity index is 1.57. The van der Waals surface area contributed by atoms with Crippen LogP contribution in [0.5, 0.6) is 11.5 Å². The topological polar surface area (TPSA) is 51.9 Å². The van der Waals surface area contributed by atoms with Crippen molar-refractivity contribution in [3.05, 3.63) is 87.8 Å². The molecule has 3 aromatic carbocycles. The standard InChI is InChI=1S/C26H20F3NO4/c1-15-24-17(13-30(14-33-24)19-7-5-18(6-8-19)26(27,28)29)11-22-21(12-23(31)34-25(15)22)16-3-9-20(32-2)10-4-16/h3-12H,13-14H2,1-2H3. The lowest BCUT2D eigenvalue weighted by Crippen LogP contribution is -2.32. The lowest BCUT2D eigenvalue weighted by molar-refractivity contribution is -0.137. The molecule has 0 aliphatic carbocycles. The van der Waals surface area contributed by atoms with E-state index in [1.807, 2.05) is 42.2 Å². The first kappa shape index (κ1) is 21.9. The van der Waals surface area contributed by atoms with Crippen molar-refractivity contribution in [3.63, 3.8) is 0 Å². The second kappa shape index (κ2) is 8.13. The van der Waals surface area contributed by atoms with E-state index >= 15 is 0 Å². The van der Waals surface area contributed by atoms with Crippen LogP contribution in [-0.4, -0.2) is 13.8 Å². The highest BCUT2D eigenvalue weighted by Crippen LogP contribution is 2.39. The van der Waals surface area contributed by atoms with Crippen molar-refractivity contribution in [1.29, 1.82) is 0 Å². The molecule has 0 spiro atoms. The van der Waals surface area contributed by atoms with Crippen molar-refractivity contribution in [2.24, 2.45) is 0 Å².